The Morgan fingerprint density at radius 2 is 2.25 bits per heavy atom. The predicted molar refractivity (Wildman–Crippen MR) is 65.2 cm³/mol. The van der Waals surface area contributed by atoms with Crippen molar-refractivity contribution in [3.05, 3.63) is 16.4 Å². The summed E-state index contributed by atoms with van der Waals surface area (Å²) in [4.78, 5) is 12.5. The maximum atomic E-state index is 12.5. The van der Waals surface area contributed by atoms with Crippen LogP contribution in [-0.4, -0.2) is 22.1 Å². The summed E-state index contributed by atoms with van der Waals surface area (Å²) in [6, 6.07) is 0. The summed E-state index contributed by atoms with van der Waals surface area (Å²) in [5.74, 6) is 0.138. The smallest absolute Gasteiger partial charge is 0.189 e. The van der Waals surface area contributed by atoms with Crippen molar-refractivity contribution in [1.82, 2.24) is 9.78 Å². The number of carbonyl (C=O) groups excluding carboxylic acids is 1. The SMILES string of the molecule is Cn1ncc(Br)c1C(=O)C1(CN)CCCC1. The molecule has 2 rings (SSSR count). The summed E-state index contributed by atoms with van der Waals surface area (Å²) in [7, 11) is 1.79. The summed E-state index contributed by atoms with van der Waals surface area (Å²) in [6.45, 7) is 0.434. The molecule has 0 aromatic carbocycles. The van der Waals surface area contributed by atoms with E-state index in [0.717, 1.165) is 30.2 Å². The van der Waals surface area contributed by atoms with Gasteiger partial charge < -0.3 is 5.73 Å². The fourth-order valence-corrected chi connectivity index (χ4v) is 3.02. The van der Waals surface area contributed by atoms with Gasteiger partial charge in [-0.15, -0.1) is 0 Å². The van der Waals surface area contributed by atoms with E-state index < -0.39 is 0 Å². The van der Waals surface area contributed by atoms with E-state index in [0.29, 0.717) is 12.2 Å². The van der Waals surface area contributed by atoms with Crippen LogP contribution in [0.2, 0.25) is 0 Å². The maximum Gasteiger partial charge on any atom is 0.189 e. The number of aromatic nitrogens is 2. The first-order valence-corrected chi connectivity index (χ1v) is 6.32. The van der Waals surface area contributed by atoms with Gasteiger partial charge in [-0.1, -0.05) is 12.8 Å². The first-order chi connectivity index (χ1) is 7.60. The van der Waals surface area contributed by atoms with Gasteiger partial charge in [0.1, 0.15) is 5.69 Å². The summed E-state index contributed by atoms with van der Waals surface area (Å²) in [6.07, 6.45) is 5.66. The van der Waals surface area contributed by atoms with Crippen molar-refractivity contribution in [3.8, 4) is 0 Å². The van der Waals surface area contributed by atoms with E-state index in [1.54, 1.807) is 17.9 Å². The molecule has 1 aromatic rings. The van der Waals surface area contributed by atoms with E-state index in [4.69, 9.17) is 5.73 Å². The molecule has 2 N–H and O–H groups in total. The van der Waals surface area contributed by atoms with E-state index in [9.17, 15) is 4.79 Å². The van der Waals surface area contributed by atoms with Crippen LogP contribution in [0.15, 0.2) is 10.7 Å². The molecule has 0 unspecified atom stereocenters. The monoisotopic (exact) mass is 285 g/mol. The first-order valence-electron chi connectivity index (χ1n) is 5.53. The maximum absolute atomic E-state index is 12.5. The minimum absolute atomic E-state index is 0.138. The molecule has 4 nitrogen and oxygen atoms in total. The Hall–Kier alpha value is -0.680. The molecular formula is C11H16BrN3O. The van der Waals surface area contributed by atoms with Crippen LogP contribution in [0.5, 0.6) is 0 Å². The van der Waals surface area contributed by atoms with E-state index in [1.807, 2.05) is 0 Å². The van der Waals surface area contributed by atoms with Gasteiger partial charge in [0.15, 0.2) is 5.78 Å². The summed E-state index contributed by atoms with van der Waals surface area (Å²) in [5.41, 5.74) is 6.10. The Morgan fingerprint density at radius 1 is 1.62 bits per heavy atom. The molecule has 0 spiro atoms. The molecule has 1 fully saturated rings. The molecule has 5 heteroatoms. The number of halogens is 1. The quantitative estimate of drug-likeness (QED) is 0.863. The van der Waals surface area contributed by atoms with E-state index >= 15 is 0 Å². The molecule has 0 radical (unpaired) electrons. The third-order valence-corrected chi connectivity index (χ3v) is 4.12. The van der Waals surface area contributed by atoms with Gasteiger partial charge in [-0.2, -0.15) is 5.10 Å². The highest BCUT2D eigenvalue weighted by molar-refractivity contribution is 9.10. The molecule has 1 aliphatic rings. The third kappa shape index (κ3) is 1.72. The number of ketones is 1. The van der Waals surface area contributed by atoms with Crippen molar-refractivity contribution >= 4 is 21.7 Å². The Labute approximate surface area is 103 Å². The van der Waals surface area contributed by atoms with E-state index in [1.165, 1.54) is 0 Å². The van der Waals surface area contributed by atoms with Crippen molar-refractivity contribution in [2.75, 3.05) is 6.54 Å². The Bertz CT molecular complexity index is 388. The molecule has 0 amide bonds. The largest absolute Gasteiger partial charge is 0.329 e. The molecule has 16 heavy (non-hydrogen) atoms. The second kappa shape index (κ2) is 4.30. The van der Waals surface area contributed by atoms with Crippen molar-refractivity contribution in [2.24, 2.45) is 18.2 Å². The lowest BCUT2D eigenvalue weighted by Gasteiger charge is -2.25. The van der Waals surface area contributed by atoms with Gasteiger partial charge in [0, 0.05) is 19.0 Å². The number of nitrogens with zero attached hydrogens (tertiary/aromatic N) is 2. The van der Waals surface area contributed by atoms with Crippen LogP contribution in [0.25, 0.3) is 0 Å². The van der Waals surface area contributed by atoms with Gasteiger partial charge in [0.2, 0.25) is 0 Å². The van der Waals surface area contributed by atoms with Crippen LogP contribution in [0.3, 0.4) is 0 Å². The second-order valence-corrected chi connectivity index (χ2v) is 5.34. The number of rotatable bonds is 3. The highest BCUT2D eigenvalue weighted by Crippen LogP contribution is 2.40. The summed E-state index contributed by atoms with van der Waals surface area (Å²) in [5, 5.41) is 4.08. The van der Waals surface area contributed by atoms with Crippen LogP contribution in [-0.2, 0) is 7.05 Å². The highest BCUT2D eigenvalue weighted by atomic mass is 79.9. The van der Waals surface area contributed by atoms with E-state index in [2.05, 4.69) is 21.0 Å². The summed E-state index contributed by atoms with van der Waals surface area (Å²) < 4.78 is 2.39. The molecule has 0 bridgehead atoms. The molecule has 0 aliphatic heterocycles. The zero-order chi connectivity index (χ0) is 11.8. The van der Waals surface area contributed by atoms with Gasteiger partial charge in [0.25, 0.3) is 0 Å². The van der Waals surface area contributed by atoms with Gasteiger partial charge in [-0.05, 0) is 28.8 Å². The van der Waals surface area contributed by atoms with Gasteiger partial charge >= 0.3 is 0 Å². The number of Topliss-reactive ketones (excluding diaryl/α,β-unsaturated/α-hetero) is 1. The van der Waals surface area contributed by atoms with Crippen molar-refractivity contribution < 1.29 is 4.79 Å². The highest BCUT2D eigenvalue weighted by Gasteiger charge is 2.42. The Balaban J connectivity index is 2.38. The number of hydrogen-bond acceptors (Lipinski definition) is 3. The Morgan fingerprint density at radius 3 is 2.69 bits per heavy atom. The lowest BCUT2D eigenvalue weighted by molar-refractivity contribution is 0.0798. The van der Waals surface area contributed by atoms with Crippen LogP contribution in [0.1, 0.15) is 36.2 Å². The van der Waals surface area contributed by atoms with Crippen LogP contribution >= 0.6 is 15.9 Å². The van der Waals surface area contributed by atoms with Crippen molar-refractivity contribution in [1.29, 1.82) is 0 Å². The van der Waals surface area contributed by atoms with Gasteiger partial charge in [-0.25, -0.2) is 0 Å². The number of carbonyl (C=O) groups is 1. The number of nitrogens with two attached hydrogens (primary N) is 1. The average molecular weight is 286 g/mol. The number of aryl methyl sites for hydroxylation is 1. The number of hydrogen-bond donors (Lipinski definition) is 1. The second-order valence-electron chi connectivity index (χ2n) is 4.49. The zero-order valence-electron chi connectivity index (χ0n) is 9.37. The van der Waals surface area contributed by atoms with Gasteiger partial charge in [-0.3, -0.25) is 9.48 Å². The molecule has 1 heterocycles. The lowest BCUT2D eigenvalue weighted by atomic mass is 9.80. The molecule has 1 aromatic heterocycles. The summed E-state index contributed by atoms with van der Waals surface area (Å²) >= 11 is 3.37. The van der Waals surface area contributed by atoms with Crippen LogP contribution < -0.4 is 5.73 Å². The van der Waals surface area contributed by atoms with Crippen molar-refractivity contribution in [2.45, 2.75) is 25.7 Å². The van der Waals surface area contributed by atoms with Gasteiger partial charge in [0.05, 0.1) is 10.7 Å². The normalized spacial score (nSPS) is 18.9. The topological polar surface area (TPSA) is 60.9 Å². The fourth-order valence-electron chi connectivity index (χ4n) is 2.49. The molecular weight excluding hydrogens is 270 g/mol. The lowest BCUT2D eigenvalue weighted by Crippen LogP contribution is -2.37. The Kier molecular flexibility index (Phi) is 3.17. The fraction of sp³-hybridized carbons (Fsp3) is 0.636. The molecule has 0 saturated heterocycles. The minimum atomic E-state index is -0.351. The van der Waals surface area contributed by atoms with Crippen LogP contribution in [0.4, 0.5) is 0 Å². The third-order valence-electron chi connectivity index (χ3n) is 3.54. The van der Waals surface area contributed by atoms with Crippen molar-refractivity contribution in [3.63, 3.8) is 0 Å². The first kappa shape index (κ1) is 11.8. The zero-order valence-corrected chi connectivity index (χ0v) is 11.0. The van der Waals surface area contributed by atoms with Crippen LogP contribution in [0, 0.1) is 5.41 Å². The average Bonchev–Trinajstić information content (AvgIpc) is 2.86. The molecule has 88 valence electrons. The minimum Gasteiger partial charge on any atom is -0.329 e. The standard InChI is InChI=1S/C11H16BrN3O/c1-15-9(8(12)6-14-15)10(16)11(7-13)4-2-3-5-11/h6H,2-5,7,13H2,1H3. The van der Waals surface area contributed by atoms with E-state index in [-0.39, 0.29) is 11.2 Å². The molecule has 0 atom stereocenters. The molecule has 1 saturated carbocycles. The predicted octanol–water partition coefficient (Wildman–Crippen LogP) is 1.88. The molecule has 1 aliphatic carbocycles.